The second-order valence-electron chi connectivity index (χ2n) is 7.49. The summed E-state index contributed by atoms with van der Waals surface area (Å²) in [6, 6.07) is 12.9. The summed E-state index contributed by atoms with van der Waals surface area (Å²) < 4.78 is 40.7. The lowest BCUT2D eigenvalue weighted by Gasteiger charge is -2.35. The highest BCUT2D eigenvalue weighted by Gasteiger charge is 2.43. The highest BCUT2D eigenvalue weighted by atomic mass is 19.3. The number of aryl methyl sites for hydroxylation is 1. The quantitative estimate of drug-likeness (QED) is 0.806. The van der Waals surface area contributed by atoms with E-state index in [1.165, 1.54) is 11.0 Å². The minimum Gasteiger partial charge on any atom is -0.508 e. The van der Waals surface area contributed by atoms with Crippen molar-refractivity contribution in [3.05, 3.63) is 59.9 Å². The minimum atomic E-state index is -2.72. The van der Waals surface area contributed by atoms with Gasteiger partial charge in [-0.05, 0) is 56.1 Å². The summed E-state index contributed by atoms with van der Waals surface area (Å²) in [5, 5.41) is 8.63. The number of anilines is 1. The molecule has 1 amide bonds. The number of carbonyl (C=O) groups is 1. The molecule has 0 aliphatic carbocycles. The molecule has 2 fully saturated rings. The number of phenolic OH excluding ortho intramolecular Hbond substituents is 1. The molecule has 1 unspecified atom stereocenters. The van der Waals surface area contributed by atoms with E-state index in [1.54, 1.807) is 48.2 Å². The number of piperidine rings is 1. The average molecular weight is 406 g/mol. The zero-order valence-corrected chi connectivity index (χ0v) is 16.3. The number of rotatable bonds is 2. The van der Waals surface area contributed by atoms with Gasteiger partial charge >= 0.3 is 0 Å². The Labute approximate surface area is 168 Å². The van der Waals surface area contributed by atoms with E-state index in [0.29, 0.717) is 42.9 Å². The Morgan fingerprint density at radius 2 is 1.83 bits per heavy atom. The van der Waals surface area contributed by atoms with Gasteiger partial charge in [-0.1, -0.05) is 24.3 Å². The molecule has 2 saturated heterocycles. The van der Waals surface area contributed by atoms with Crippen LogP contribution in [-0.2, 0) is 4.79 Å². The van der Waals surface area contributed by atoms with Crippen LogP contribution in [0.2, 0.25) is 0 Å². The molecule has 2 aromatic carbocycles. The van der Waals surface area contributed by atoms with Crippen LogP contribution in [-0.4, -0.2) is 47.5 Å². The van der Waals surface area contributed by atoms with E-state index in [2.05, 4.69) is 0 Å². The number of benzene rings is 2. The Hall–Kier alpha value is -2.54. The summed E-state index contributed by atoms with van der Waals surface area (Å²) in [5.74, 6) is -2.97. The highest BCUT2D eigenvalue weighted by molar-refractivity contribution is 5.99. The van der Waals surface area contributed by atoms with E-state index < -0.39 is 12.0 Å². The Morgan fingerprint density at radius 1 is 1.10 bits per heavy atom. The number of para-hydroxylation sites is 1. The van der Waals surface area contributed by atoms with E-state index >= 15 is 0 Å². The van der Waals surface area contributed by atoms with Crippen molar-refractivity contribution in [1.29, 1.82) is 0 Å². The van der Waals surface area contributed by atoms with Gasteiger partial charge in [-0.3, -0.25) is 9.69 Å². The number of hydrogen-bond donors (Lipinski definition) is 1. The molecular formula is C22H25F3N2O2. The van der Waals surface area contributed by atoms with Crippen LogP contribution < -0.4 is 4.90 Å². The third-order valence-electron chi connectivity index (χ3n) is 5.26. The predicted octanol–water partition coefficient (Wildman–Crippen LogP) is 4.36. The van der Waals surface area contributed by atoms with Gasteiger partial charge in [0.2, 0.25) is 5.91 Å². The summed E-state index contributed by atoms with van der Waals surface area (Å²) in [5.41, 5.74) is 1.02. The summed E-state index contributed by atoms with van der Waals surface area (Å²) in [4.78, 5) is 15.6. The number of halogens is 3. The topological polar surface area (TPSA) is 43.8 Å². The van der Waals surface area contributed by atoms with E-state index in [4.69, 9.17) is 5.11 Å². The molecular weight excluding hydrogens is 381 g/mol. The Morgan fingerprint density at radius 3 is 2.41 bits per heavy atom. The fraction of sp³-hybridized carbons (Fsp3) is 0.409. The highest BCUT2D eigenvalue weighted by Crippen LogP contribution is 2.32. The molecule has 0 spiro atoms. The van der Waals surface area contributed by atoms with Gasteiger partial charge in [0.05, 0.1) is 12.6 Å². The number of alkyl halides is 2. The van der Waals surface area contributed by atoms with Crippen LogP contribution >= 0.6 is 0 Å². The van der Waals surface area contributed by atoms with Gasteiger partial charge in [0.15, 0.2) is 0 Å². The summed E-state index contributed by atoms with van der Waals surface area (Å²) in [6.07, 6.45) is 0.789. The second-order valence-corrected chi connectivity index (χ2v) is 7.49. The zero-order chi connectivity index (χ0) is 21.0. The van der Waals surface area contributed by atoms with Gasteiger partial charge in [-0.15, -0.1) is 0 Å². The monoisotopic (exact) mass is 406 g/mol. The first-order valence-electron chi connectivity index (χ1n) is 9.70. The SMILES string of the molecule is Cc1ccc(N2CCC(N3CCCC(F)(F)C3)C2=O)cc1F.Oc1ccccc1. The lowest BCUT2D eigenvalue weighted by molar-refractivity contribution is -0.126. The largest absolute Gasteiger partial charge is 0.508 e. The van der Waals surface area contributed by atoms with Gasteiger partial charge < -0.3 is 10.0 Å². The molecule has 4 rings (SSSR count). The van der Waals surface area contributed by atoms with E-state index in [9.17, 15) is 18.0 Å². The molecule has 0 bridgehead atoms. The summed E-state index contributed by atoms with van der Waals surface area (Å²) in [7, 11) is 0. The van der Waals surface area contributed by atoms with Crippen LogP contribution in [0.3, 0.4) is 0 Å². The summed E-state index contributed by atoms with van der Waals surface area (Å²) >= 11 is 0. The van der Waals surface area contributed by atoms with Crippen molar-refractivity contribution in [1.82, 2.24) is 4.90 Å². The van der Waals surface area contributed by atoms with Crippen LogP contribution in [0.5, 0.6) is 5.75 Å². The van der Waals surface area contributed by atoms with Crippen LogP contribution in [0.1, 0.15) is 24.8 Å². The molecule has 7 heteroatoms. The second kappa shape index (κ2) is 8.86. The first kappa shape index (κ1) is 21.2. The number of hydrogen-bond acceptors (Lipinski definition) is 3. The van der Waals surface area contributed by atoms with Gasteiger partial charge in [0, 0.05) is 18.7 Å². The number of likely N-dealkylation sites (tertiary alicyclic amines) is 1. The van der Waals surface area contributed by atoms with Crippen molar-refractivity contribution < 1.29 is 23.1 Å². The number of nitrogens with zero attached hydrogens (tertiary/aromatic N) is 2. The van der Waals surface area contributed by atoms with Crippen molar-refractivity contribution in [3.63, 3.8) is 0 Å². The molecule has 0 saturated carbocycles. The van der Waals surface area contributed by atoms with Gasteiger partial charge in [0.1, 0.15) is 11.6 Å². The lowest BCUT2D eigenvalue weighted by Crippen LogP contribution is -2.50. The fourth-order valence-corrected chi connectivity index (χ4v) is 3.70. The standard InChI is InChI=1S/C16H19F3N2O.C6H6O/c1-11-3-4-12(9-13(11)17)21-8-5-14(15(21)22)20-7-2-6-16(18,19)10-20;7-6-4-2-1-3-5-6/h3-4,9,14H,2,5-8,10H2,1H3;1-5,7H. The number of carbonyl (C=O) groups excluding carboxylic acids is 1. The Bertz CT molecular complexity index is 845. The molecule has 2 aliphatic heterocycles. The van der Waals surface area contributed by atoms with E-state index in [1.807, 2.05) is 6.07 Å². The lowest BCUT2D eigenvalue weighted by atomic mass is 10.0. The van der Waals surface area contributed by atoms with Crippen molar-refractivity contribution in [2.45, 2.75) is 38.2 Å². The van der Waals surface area contributed by atoms with Crippen LogP contribution in [0.15, 0.2) is 48.5 Å². The third kappa shape index (κ3) is 5.29. The van der Waals surface area contributed by atoms with Gasteiger partial charge in [0.25, 0.3) is 5.92 Å². The maximum atomic E-state index is 13.7. The zero-order valence-electron chi connectivity index (χ0n) is 16.3. The molecule has 2 aromatic rings. The Kier molecular flexibility index (Phi) is 6.47. The first-order valence-corrected chi connectivity index (χ1v) is 9.70. The van der Waals surface area contributed by atoms with Crippen LogP contribution in [0, 0.1) is 12.7 Å². The van der Waals surface area contributed by atoms with Crippen molar-refractivity contribution in [2.24, 2.45) is 0 Å². The Balaban J connectivity index is 0.000000290. The maximum Gasteiger partial charge on any atom is 0.260 e. The predicted molar refractivity (Wildman–Crippen MR) is 106 cm³/mol. The van der Waals surface area contributed by atoms with Gasteiger partial charge in [-0.2, -0.15) is 0 Å². The van der Waals surface area contributed by atoms with Gasteiger partial charge in [-0.25, -0.2) is 13.2 Å². The molecule has 29 heavy (non-hydrogen) atoms. The average Bonchev–Trinajstić information content (AvgIpc) is 3.06. The molecule has 1 N–H and O–H groups in total. The molecule has 1 atom stereocenters. The molecule has 156 valence electrons. The van der Waals surface area contributed by atoms with Crippen molar-refractivity contribution >= 4 is 11.6 Å². The van der Waals surface area contributed by atoms with Crippen molar-refractivity contribution in [2.75, 3.05) is 24.5 Å². The minimum absolute atomic E-state index is 0.114. The third-order valence-corrected chi connectivity index (χ3v) is 5.26. The molecule has 0 radical (unpaired) electrons. The smallest absolute Gasteiger partial charge is 0.260 e. The number of phenols is 1. The molecule has 2 heterocycles. The van der Waals surface area contributed by atoms with Crippen LogP contribution in [0.25, 0.3) is 0 Å². The normalized spacial score (nSPS) is 21.6. The number of aromatic hydroxyl groups is 1. The summed E-state index contributed by atoms with van der Waals surface area (Å²) in [6.45, 7) is 2.25. The molecule has 0 aromatic heterocycles. The van der Waals surface area contributed by atoms with E-state index in [-0.39, 0.29) is 24.7 Å². The molecule has 4 nitrogen and oxygen atoms in total. The molecule has 2 aliphatic rings. The van der Waals surface area contributed by atoms with E-state index in [0.717, 1.165) is 0 Å². The maximum absolute atomic E-state index is 13.7. The fourth-order valence-electron chi connectivity index (χ4n) is 3.70. The number of amides is 1. The van der Waals surface area contributed by atoms with Crippen molar-refractivity contribution in [3.8, 4) is 5.75 Å². The van der Waals surface area contributed by atoms with Crippen LogP contribution in [0.4, 0.5) is 18.9 Å². The first-order chi connectivity index (χ1) is 13.8.